The fourth-order valence-corrected chi connectivity index (χ4v) is 4.35. The van der Waals surface area contributed by atoms with Crippen LogP contribution in [-0.4, -0.2) is 31.5 Å². The van der Waals surface area contributed by atoms with Crippen molar-refractivity contribution in [2.24, 2.45) is 17.6 Å². The van der Waals surface area contributed by atoms with Crippen molar-refractivity contribution in [2.75, 3.05) is 19.8 Å². The van der Waals surface area contributed by atoms with Crippen LogP contribution in [-0.2, 0) is 9.47 Å². The van der Waals surface area contributed by atoms with Gasteiger partial charge >= 0.3 is 0 Å². The first-order valence-electron chi connectivity index (χ1n) is 8.25. The Hall–Kier alpha value is -0.120. The molecule has 3 nitrogen and oxygen atoms in total. The van der Waals surface area contributed by atoms with E-state index < -0.39 is 0 Å². The van der Waals surface area contributed by atoms with E-state index in [1.807, 2.05) is 0 Å². The lowest BCUT2D eigenvalue weighted by atomic mass is 9.76. The molecule has 3 fully saturated rings. The van der Waals surface area contributed by atoms with Gasteiger partial charge in [-0.25, -0.2) is 0 Å². The second-order valence-corrected chi connectivity index (χ2v) is 6.95. The molecule has 2 atom stereocenters. The van der Waals surface area contributed by atoms with E-state index in [0.717, 1.165) is 45.0 Å². The van der Waals surface area contributed by atoms with Crippen molar-refractivity contribution in [3.8, 4) is 0 Å². The van der Waals surface area contributed by atoms with E-state index in [1.165, 1.54) is 38.5 Å². The lowest BCUT2D eigenvalue weighted by molar-refractivity contribution is -0.149. The SMILES string of the molecule is NC(CC1CCCC1)C1CCOC2(CCOCC2)C1. The maximum absolute atomic E-state index is 6.53. The van der Waals surface area contributed by atoms with Crippen molar-refractivity contribution < 1.29 is 9.47 Å². The van der Waals surface area contributed by atoms with E-state index >= 15 is 0 Å². The highest BCUT2D eigenvalue weighted by Crippen LogP contribution is 2.39. The summed E-state index contributed by atoms with van der Waals surface area (Å²) in [7, 11) is 0. The molecule has 110 valence electrons. The van der Waals surface area contributed by atoms with Gasteiger partial charge in [0.05, 0.1) is 5.60 Å². The van der Waals surface area contributed by atoms with E-state index in [4.69, 9.17) is 15.2 Å². The second kappa shape index (κ2) is 6.11. The highest BCUT2D eigenvalue weighted by Gasteiger charge is 2.40. The monoisotopic (exact) mass is 267 g/mol. The summed E-state index contributed by atoms with van der Waals surface area (Å²) in [6, 6.07) is 0.395. The Morgan fingerprint density at radius 1 is 1.05 bits per heavy atom. The minimum Gasteiger partial charge on any atom is -0.381 e. The Kier molecular flexibility index (Phi) is 4.45. The Morgan fingerprint density at radius 3 is 2.53 bits per heavy atom. The van der Waals surface area contributed by atoms with Gasteiger partial charge in [0.1, 0.15) is 0 Å². The number of hydrogen-bond acceptors (Lipinski definition) is 3. The van der Waals surface area contributed by atoms with Gasteiger partial charge in [-0.15, -0.1) is 0 Å². The number of rotatable bonds is 3. The molecule has 2 unspecified atom stereocenters. The third-order valence-electron chi connectivity index (χ3n) is 5.62. The zero-order valence-electron chi connectivity index (χ0n) is 12.1. The molecule has 3 aliphatic rings. The Morgan fingerprint density at radius 2 is 1.79 bits per heavy atom. The molecule has 0 bridgehead atoms. The quantitative estimate of drug-likeness (QED) is 0.855. The van der Waals surface area contributed by atoms with Gasteiger partial charge in [0.15, 0.2) is 0 Å². The fourth-order valence-electron chi connectivity index (χ4n) is 4.35. The molecule has 0 aromatic heterocycles. The van der Waals surface area contributed by atoms with Crippen molar-refractivity contribution in [3.63, 3.8) is 0 Å². The van der Waals surface area contributed by atoms with Crippen LogP contribution >= 0.6 is 0 Å². The summed E-state index contributed by atoms with van der Waals surface area (Å²) >= 11 is 0. The summed E-state index contributed by atoms with van der Waals surface area (Å²) in [5, 5.41) is 0. The zero-order chi connectivity index (χ0) is 13.1. The van der Waals surface area contributed by atoms with Crippen LogP contribution in [0.5, 0.6) is 0 Å². The molecule has 3 heteroatoms. The van der Waals surface area contributed by atoms with Gasteiger partial charge < -0.3 is 15.2 Å². The van der Waals surface area contributed by atoms with Crippen LogP contribution in [0.2, 0.25) is 0 Å². The van der Waals surface area contributed by atoms with Crippen molar-refractivity contribution in [1.82, 2.24) is 0 Å². The van der Waals surface area contributed by atoms with Crippen LogP contribution in [0.3, 0.4) is 0 Å². The average Bonchev–Trinajstić information content (AvgIpc) is 2.92. The molecule has 1 saturated carbocycles. The summed E-state index contributed by atoms with van der Waals surface area (Å²) < 4.78 is 11.6. The standard InChI is InChI=1S/C16H29NO2/c17-15(11-13-3-1-2-4-13)14-5-8-19-16(12-14)6-9-18-10-7-16/h13-15H,1-12,17H2. The molecular formula is C16H29NO2. The normalized spacial score (nSPS) is 33.6. The number of nitrogens with two attached hydrogens (primary N) is 1. The molecule has 19 heavy (non-hydrogen) atoms. The fraction of sp³-hybridized carbons (Fsp3) is 1.00. The topological polar surface area (TPSA) is 44.5 Å². The third-order valence-corrected chi connectivity index (χ3v) is 5.62. The zero-order valence-corrected chi connectivity index (χ0v) is 12.1. The summed E-state index contributed by atoms with van der Waals surface area (Å²) in [5.74, 6) is 1.58. The molecule has 2 saturated heterocycles. The van der Waals surface area contributed by atoms with Crippen LogP contribution in [0, 0.1) is 11.8 Å². The molecule has 0 aromatic rings. The Labute approximate surface area is 117 Å². The maximum Gasteiger partial charge on any atom is 0.0729 e. The van der Waals surface area contributed by atoms with Gasteiger partial charge in [0.25, 0.3) is 0 Å². The Bertz CT molecular complexity index is 277. The largest absolute Gasteiger partial charge is 0.381 e. The number of hydrogen-bond donors (Lipinski definition) is 1. The molecule has 0 radical (unpaired) electrons. The highest BCUT2D eigenvalue weighted by molar-refractivity contribution is 4.92. The average molecular weight is 267 g/mol. The molecule has 2 heterocycles. The van der Waals surface area contributed by atoms with Crippen LogP contribution in [0.25, 0.3) is 0 Å². The molecule has 2 aliphatic heterocycles. The van der Waals surface area contributed by atoms with Gasteiger partial charge in [-0.3, -0.25) is 0 Å². The Balaban J connectivity index is 1.54. The third kappa shape index (κ3) is 3.32. The van der Waals surface area contributed by atoms with Crippen molar-refractivity contribution in [3.05, 3.63) is 0 Å². The first-order valence-corrected chi connectivity index (χ1v) is 8.25. The van der Waals surface area contributed by atoms with Crippen LogP contribution in [0.1, 0.15) is 57.8 Å². The van der Waals surface area contributed by atoms with E-state index in [9.17, 15) is 0 Å². The maximum atomic E-state index is 6.53. The van der Waals surface area contributed by atoms with Gasteiger partial charge in [0, 0.05) is 25.9 Å². The molecule has 0 aromatic carbocycles. The van der Waals surface area contributed by atoms with Gasteiger partial charge in [-0.05, 0) is 43.9 Å². The predicted octanol–water partition coefficient (Wildman–Crippen LogP) is 2.87. The highest BCUT2D eigenvalue weighted by atomic mass is 16.5. The summed E-state index contributed by atoms with van der Waals surface area (Å²) in [5.41, 5.74) is 6.64. The molecule has 2 N–H and O–H groups in total. The second-order valence-electron chi connectivity index (χ2n) is 6.95. The smallest absolute Gasteiger partial charge is 0.0729 e. The van der Waals surface area contributed by atoms with E-state index in [1.54, 1.807) is 0 Å². The summed E-state index contributed by atoms with van der Waals surface area (Å²) in [4.78, 5) is 0. The molecule has 1 spiro atoms. The minimum atomic E-state index is 0.106. The van der Waals surface area contributed by atoms with Gasteiger partial charge in [-0.1, -0.05) is 25.7 Å². The molecule has 0 amide bonds. The van der Waals surface area contributed by atoms with Crippen LogP contribution in [0.15, 0.2) is 0 Å². The van der Waals surface area contributed by atoms with Crippen LogP contribution < -0.4 is 5.73 Å². The summed E-state index contributed by atoms with van der Waals surface area (Å²) in [6.07, 6.45) is 11.4. The van der Waals surface area contributed by atoms with Crippen molar-refractivity contribution in [1.29, 1.82) is 0 Å². The summed E-state index contributed by atoms with van der Waals surface area (Å²) in [6.45, 7) is 2.64. The van der Waals surface area contributed by atoms with Crippen LogP contribution in [0.4, 0.5) is 0 Å². The van der Waals surface area contributed by atoms with E-state index in [-0.39, 0.29) is 5.60 Å². The molecule has 3 rings (SSSR count). The lowest BCUT2D eigenvalue weighted by Crippen LogP contribution is -2.48. The van der Waals surface area contributed by atoms with E-state index in [0.29, 0.717) is 12.0 Å². The van der Waals surface area contributed by atoms with Crippen molar-refractivity contribution in [2.45, 2.75) is 69.4 Å². The van der Waals surface area contributed by atoms with Gasteiger partial charge in [0.2, 0.25) is 0 Å². The van der Waals surface area contributed by atoms with E-state index in [2.05, 4.69) is 0 Å². The van der Waals surface area contributed by atoms with Crippen molar-refractivity contribution >= 4 is 0 Å². The lowest BCUT2D eigenvalue weighted by Gasteiger charge is -2.45. The molecule has 1 aliphatic carbocycles. The first-order chi connectivity index (χ1) is 9.27. The number of ether oxygens (including phenoxy) is 2. The van der Waals surface area contributed by atoms with Gasteiger partial charge in [-0.2, -0.15) is 0 Å². The predicted molar refractivity (Wildman–Crippen MR) is 76.0 cm³/mol. The molecular weight excluding hydrogens is 238 g/mol. The minimum absolute atomic E-state index is 0.106. The first kappa shape index (κ1) is 13.8.